The van der Waals surface area contributed by atoms with E-state index in [1.54, 1.807) is 11.3 Å². The second-order valence-electron chi connectivity index (χ2n) is 5.44. The lowest BCUT2D eigenvalue weighted by molar-refractivity contribution is -0.148. The third-order valence-corrected chi connectivity index (χ3v) is 4.64. The Balaban J connectivity index is 2.94. The van der Waals surface area contributed by atoms with Crippen molar-refractivity contribution in [1.82, 2.24) is 4.98 Å². The number of rotatable bonds is 7. The first-order chi connectivity index (χ1) is 9.38. The fourth-order valence-corrected chi connectivity index (χ4v) is 3.15. The molecule has 114 valence electrons. The Morgan fingerprint density at radius 1 is 1.40 bits per heavy atom. The van der Waals surface area contributed by atoms with E-state index >= 15 is 0 Å². The number of carbonyl (C=O) groups excluding carboxylic acids is 1. The van der Waals surface area contributed by atoms with Crippen molar-refractivity contribution >= 4 is 22.4 Å². The van der Waals surface area contributed by atoms with Crippen LogP contribution in [0.4, 0.5) is 5.13 Å². The van der Waals surface area contributed by atoms with E-state index in [1.807, 2.05) is 26.2 Å². The second-order valence-corrected chi connectivity index (χ2v) is 6.28. The molecule has 1 aromatic heterocycles. The van der Waals surface area contributed by atoms with Crippen LogP contribution in [0.1, 0.15) is 53.2 Å². The maximum absolute atomic E-state index is 12.0. The number of anilines is 1. The topological polar surface area (TPSA) is 42.4 Å². The van der Waals surface area contributed by atoms with Crippen LogP contribution >= 0.6 is 11.3 Å². The van der Waals surface area contributed by atoms with Crippen molar-refractivity contribution in [3.63, 3.8) is 0 Å². The number of ether oxygens (including phenoxy) is 1. The minimum Gasteiger partial charge on any atom is -0.465 e. The smallest absolute Gasteiger partial charge is 0.317 e. The zero-order valence-corrected chi connectivity index (χ0v) is 14.2. The van der Waals surface area contributed by atoms with Crippen molar-refractivity contribution in [2.45, 2.75) is 58.9 Å². The SMILES string of the molecule is CCOC(=O)C(C)(C)c1csc(N(C)C(CC)CC)n1. The lowest BCUT2D eigenvalue weighted by Crippen LogP contribution is -2.33. The lowest BCUT2D eigenvalue weighted by atomic mass is 9.90. The van der Waals surface area contributed by atoms with Crippen molar-refractivity contribution < 1.29 is 9.53 Å². The molecule has 0 aliphatic rings. The molecule has 0 saturated heterocycles. The molecule has 1 heterocycles. The van der Waals surface area contributed by atoms with Crippen LogP contribution in [0.25, 0.3) is 0 Å². The number of esters is 1. The molecule has 0 amide bonds. The molecule has 0 atom stereocenters. The lowest BCUT2D eigenvalue weighted by Gasteiger charge is -2.26. The molecular weight excluding hydrogens is 272 g/mol. The highest BCUT2D eigenvalue weighted by molar-refractivity contribution is 7.13. The van der Waals surface area contributed by atoms with Crippen LogP contribution in [-0.2, 0) is 14.9 Å². The third-order valence-electron chi connectivity index (χ3n) is 3.71. The van der Waals surface area contributed by atoms with Gasteiger partial charge in [0.05, 0.1) is 12.3 Å². The molecule has 0 aromatic carbocycles. The number of aromatic nitrogens is 1. The molecule has 0 spiro atoms. The fourth-order valence-electron chi connectivity index (χ4n) is 2.12. The maximum atomic E-state index is 12.0. The number of nitrogens with zero attached hydrogens (tertiary/aromatic N) is 2. The summed E-state index contributed by atoms with van der Waals surface area (Å²) in [6.45, 7) is 10.3. The standard InChI is InChI=1S/C15H26N2O2S/c1-7-11(8-2)17(6)14-16-12(10-20-14)15(4,5)13(18)19-9-3/h10-11H,7-9H2,1-6H3. The first kappa shape index (κ1) is 17.0. The monoisotopic (exact) mass is 298 g/mol. The Bertz CT molecular complexity index is 439. The van der Waals surface area contributed by atoms with E-state index in [0.29, 0.717) is 12.6 Å². The van der Waals surface area contributed by atoms with Gasteiger partial charge in [0, 0.05) is 18.5 Å². The zero-order chi connectivity index (χ0) is 15.3. The highest BCUT2D eigenvalue weighted by Crippen LogP contribution is 2.31. The average molecular weight is 298 g/mol. The highest BCUT2D eigenvalue weighted by Gasteiger charge is 2.34. The molecule has 1 rings (SSSR count). The Morgan fingerprint density at radius 3 is 2.50 bits per heavy atom. The number of carbonyl (C=O) groups is 1. The highest BCUT2D eigenvalue weighted by atomic mass is 32.1. The van der Waals surface area contributed by atoms with E-state index in [1.165, 1.54) is 0 Å². The van der Waals surface area contributed by atoms with Gasteiger partial charge in [-0.2, -0.15) is 0 Å². The van der Waals surface area contributed by atoms with Gasteiger partial charge >= 0.3 is 5.97 Å². The minimum absolute atomic E-state index is 0.220. The Kier molecular flexibility index (Phi) is 5.99. The van der Waals surface area contributed by atoms with Crippen LogP contribution in [0.5, 0.6) is 0 Å². The molecular formula is C15H26N2O2S. The molecule has 0 unspecified atom stereocenters. The predicted molar refractivity (Wildman–Crippen MR) is 84.5 cm³/mol. The summed E-state index contributed by atoms with van der Waals surface area (Å²) < 4.78 is 5.13. The van der Waals surface area contributed by atoms with Crippen LogP contribution in [0.3, 0.4) is 0 Å². The largest absolute Gasteiger partial charge is 0.465 e. The quantitative estimate of drug-likeness (QED) is 0.721. The van der Waals surface area contributed by atoms with Gasteiger partial charge in [-0.25, -0.2) is 4.98 Å². The molecule has 0 saturated carbocycles. The maximum Gasteiger partial charge on any atom is 0.317 e. The van der Waals surface area contributed by atoms with Gasteiger partial charge in [-0.1, -0.05) is 13.8 Å². The van der Waals surface area contributed by atoms with Crippen molar-refractivity contribution in [3.05, 3.63) is 11.1 Å². The van der Waals surface area contributed by atoms with Crippen molar-refractivity contribution in [1.29, 1.82) is 0 Å². The first-order valence-corrected chi connectivity index (χ1v) is 8.12. The molecule has 0 N–H and O–H groups in total. The molecule has 0 bridgehead atoms. The molecule has 0 aliphatic carbocycles. The van der Waals surface area contributed by atoms with Gasteiger partial charge in [0.15, 0.2) is 5.13 Å². The molecule has 1 aromatic rings. The summed E-state index contributed by atoms with van der Waals surface area (Å²) in [5, 5.41) is 2.93. The molecule has 5 heteroatoms. The van der Waals surface area contributed by atoms with Gasteiger partial charge in [0.25, 0.3) is 0 Å². The van der Waals surface area contributed by atoms with Gasteiger partial charge in [-0.3, -0.25) is 4.79 Å². The number of hydrogen-bond acceptors (Lipinski definition) is 5. The Hall–Kier alpha value is -1.10. The summed E-state index contributed by atoms with van der Waals surface area (Å²) in [6, 6.07) is 0.486. The molecule has 0 aliphatic heterocycles. The van der Waals surface area contributed by atoms with Crippen molar-refractivity contribution in [3.8, 4) is 0 Å². The van der Waals surface area contributed by atoms with Crippen molar-refractivity contribution in [2.75, 3.05) is 18.6 Å². The van der Waals surface area contributed by atoms with E-state index in [-0.39, 0.29) is 5.97 Å². The van der Waals surface area contributed by atoms with Crippen LogP contribution < -0.4 is 4.90 Å². The summed E-state index contributed by atoms with van der Waals surface area (Å²) in [4.78, 5) is 18.9. The van der Waals surface area contributed by atoms with Gasteiger partial charge in [-0.05, 0) is 33.6 Å². The summed E-state index contributed by atoms with van der Waals surface area (Å²) in [7, 11) is 2.07. The zero-order valence-electron chi connectivity index (χ0n) is 13.4. The van der Waals surface area contributed by atoms with E-state index in [4.69, 9.17) is 4.74 Å². The summed E-state index contributed by atoms with van der Waals surface area (Å²) in [6.07, 6.45) is 2.17. The van der Waals surface area contributed by atoms with Crippen molar-refractivity contribution in [2.24, 2.45) is 0 Å². The molecule has 0 fully saturated rings. The van der Waals surface area contributed by atoms with E-state index < -0.39 is 5.41 Å². The number of thiazole rings is 1. The minimum atomic E-state index is -0.695. The van der Waals surface area contributed by atoms with E-state index in [9.17, 15) is 4.79 Å². The predicted octanol–water partition coefficient (Wildman–Crippen LogP) is 3.61. The molecule has 4 nitrogen and oxygen atoms in total. The first-order valence-electron chi connectivity index (χ1n) is 7.24. The van der Waals surface area contributed by atoms with Crippen LogP contribution in [0, 0.1) is 0 Å². The summed E-state index contributed by atoms with van der Waals surface area (Å²) >= 11 is 1.59. The van der Waals surface area contributed by atoms with Crippen LogP contribution in [-0.4, -0.2) is 30.6 Å². The summed E-state index contributed by atoms with van der Waals surface area (Å²) in [5.41, 5.74) is 0.0910. The third kappa shape index (κ3) is 3.51. The van der Waals surface area contributed by atoms with E-state index in [2.05, 4.69) is 30.8 Å². The fraction of sp³-hybridized carbons (Fsp3) is 0.733. The van der Waals surface area contributed by atoms with E-state index in [0.717, 1.165) is 23.7 Å². The second kappa shape index (κ2) is 7.07. The number of hydrogen-bond donors (Lipinski definition) is 0. The normalized spacial score (nSPS) is 11.8. The Labute approximate surface area is 126 Å². The van der Waals surface area contributed by atoms with Gasteiger partial charge < -0.3 is 9.64 Å². The molecule has 20 heavy (non-hydrogen) atoms. The summed E-state index contributed by atoms with van der Waals surface area (Å²) in [5.74, 6) is -0.220. The van der Waals surface area contributed by atoms with Crippen LogP contribution in [0.2, 0.25) is 0 Å². The average Bonchev–Trinajstić information content (AvgIpc) is 2.90. The van der Waals surface area contributed by atoms with Gasteiger partial charge in [-0.15, -0.1) is 11.3 Å². The molecule has 0 radical (unpaired) electrons. The van der Waals surface area contributed by atoms with Gasteiger partial charge in [0.2, 0.25) is 0 Å². The van der Waals surface area contributed by atoms with Crippen LogP contribution in [0.15, 0.2) is 5.38 Å². The van der Waals surface area contributed by atoms with Gasteiger partial charge in [0.1, 0.15) is 5.41 Å². The Morgan fingerprint density at radius 2 is 2.00 bits per heavy atom.